The molecule has 6 nitrogen and oxygen atoms in total. The van der Waals surface area contributed by atoms with Crippen LogP contribution in [0.25, 0.3) is 22.6 Å². The van der Waals surface area contributed by atoms with Crippen LogP contribution in [0.3, 0.4) is 0 Å². The molecule has 0 fully saturated rings. The van der Waals surface area contributed by atoms with Crippen LogP contribution >= 0.6 is 23.8 Å². The van der Waals surface area contributed by atoms with E-state index in [9.17, 15) is 4.79 Å². The zero-order valence-corrected chi connectivity index (χ0v) is 19.0. The summed E-state index contributed by atoms with van der Waals surface area (Å²) in [4.78, 5) is 17.1. The molecule has 4 aromatic rings. The molecule has 1 aromatic heterocycles. The summed E-state index contributed by atoms with van der Waals surface area (Å²) in [5.74, 6) is 0.495. The quantitative estimate of drug-likeness (QED) is 0.360. The zero-order valence-electron chi connectivity index (χ0n) is 17.4. The number of aromatic nitrogens is 1. The number of carbonyl (C=O) groups excluding carboxylic acids is 1. The highest BCUT2D eigenvalue weighted by atomic mass is 35.5. The van der Waals surface area contributed by atoms with Crippen molar-refractivity contribution in [1.82, 2.24) is 10.3 Å². The lowest BCUT2D eigenvalue weighted by atomic mass is 10.1. The lowest BCUT2D eigenvalue weighted by Crippen LogP contribution is -2.34. The number of thiocarbonyl (C=S) groups is 1. The van der Waals surface area contributed by atoms with Gasteiger partial charge in [0.15, 0.2) is 10.7 Å². The van der Waals surface area contributed by atoms with Gasteiger partial charge >= 0.3 is 0 Å². The van der Waals surface area contributed by atoms with E-state index < -0.39 is 0 Å². The maximum atomic E-state index is 12.6. The summed E-state index contributed by atoms with van der Waals surface area (Å²) in [7, 11) is 1.51. The number of fused-ring (bicyclic) bond motifs is 1. The van der Waals surface area contributed by atoms with E-state index in [1.165, 1.54) is 12.7 Å². The molecule has 3 aromatic carbocycles. The Bertz CT molecular complexity index is 1320. The third kappa shape index (κ3) is 4.59. The number of amides is 1. The van der Waals surface area contributed by atoms with Crippen LogP contribution in [0.1, 0.15) is 22.8 Å². The summed E-state index contributed by atoms with van der Waals surface area (Å²) in [5.41, 5.74) is 4.26. The van der Waals surface area contributed by atoms with Crippen molar-refractivity contribution in [3.05, 3.63) is 76.8 Å². The molecule has 1 heterocycles. The lowest BCUT2D eigenvalue weighted by molar-refractivity contribution is 0.0975. The first-order chi connectivity index (χ1) is 15.5. The van der Waals surface area contributed by atoms with Gasteiger partial charge in [0.25, 0.3) is 5.91 Å². The third-order valence-electron chi connectivity index (χ3n) is 4.89. The van der Waals surface area contributed by atoms with Gasteiger partial charge in [-0.3, -0.25) is 10.1 Å². The number of benzene rings is 3. The largest absolute Gasteiger partial charge is 0.496 e. The second-order valence-electron chi connectivity index (χ2n) is 6.98. The molecule has 0 spiro atoms. The number of para-hydroxylation sites is 1. The summed E-state index contributed by atoms with van der Waals surface area (Å²) < 4.78 is 11.1. The number of halogens is 1. The summed E-state index contributed by atoms with van der Waals surface area (Å²) in [6.45, 7) is 2.09. The molecule has 162 valence electrons. The molecular weight excluding hydrogens is 446 g/mol. The second-order valence-corrected chi connectivity index (χ2v) is 7.79. The maximum Gasteiger partial charge on any atom is 0.261 e. The fraction of sp³-hybridized carbons (Fsp3) is 0.125. The summed E-state index contributed by atoms with van der Waals surface area (Å²) in [6, 6.07) is 18.1. The number of nitrogens with zero attached hydrogens (tertiary/aromatic N) is 1. The number of methoxy groups -OCH3 is 1. The average Bonchev–Trinajstić information content (AvgIpc) is 3.23. The maximum absolute atomic E-state index is 12.6. The molecule has 32 heavy (non-hydrogen) atoms. The zero-order chi connectivity index (χ0) is 22.7. The number of oxazole rings is 1. The number of rotatable bonds is 5. The van der Waals surface area contributed by atoms with Crippen LogP contribution in [-0.2, 0) is 6.42 Å². The molecule has 0 bridgehead atoms. The minimum atomic E-state index is -0.375. The van der Waals surface area contributed by atoms with E-state index in [-0.39, 0.29) is 11.0 Å². The van der Waals surface area contributed by atoms with Crippen molar-refractivity contribution in [2.45, 2.75) is 13.3 Å². The van der Waals surface area contributed by atoms with Gasteiger partial charge in [0, 0.05) is 5.69 Å². The summed E-state index contributed by atoms with van der Waals surface area (Å²) >= 11 is 11.7. The monoisotopic (exact) mass is 465 g/mol. The molecule has 1 amide bonds. The van der Waals surface area contributed by atoms with E-state index in [1.807, 2.05) is 18.2 Å². The van der Waals surface area contributed by atoms with Crippen molar-refractivity contribution in [2.75, 3.05) is 12.4 Å². The van der Waals surface area contributed by atoms with E-state index in [0.717, 1.165) is 11.9 Å². The van der Waals surface area contributed by atoms with Crippen molar-refractivity contribution >= 4 is 51.6 Å². The Hall–Kier alpha value is -3.42. The van der Waals surface area contributed by atoms with Crippen LogP contribution in [0.15, 0.2) is 65.1 Å². The average molecular weight is 466 g/mol. The highest BCUT2D eigenvalue weighted by molar-refractivity contribution is 7.80. The van der Waals surface area contributed by atoms with Crippen molar-refractivity contribution in [3.63, 3.8) is 0 Å². The number of ether oxygens (including phenoxy) is 1. The smallest absolute Gasteiger partial charge is 0.261 e. The van der Waals surface area contributed by atoms with Gasteiger partial charge in [-0.1, -0.05) is 36.7 Å². The fourth-order valence-corrected chi connectivity index (χ4v) is 3.65. The van der Waals surface area contributed by atoms with Gasteiger partial charge in [-0.05, 0) is 66.7 Å². The van der Waals surface area contributed by atoms with Crippen LogP contribution < -0.4 is 15.4 Å². The topological polar surface area (TPSA) is 76.4 Å². The molecule has 0 atom stereocenters. The molecule has 0 aliphatic heterocycles. The van der Waals surface area contributed by atoms with Gasteiger partial charge in [0.2, 0.25) is 5.89 Å². The normalized spacial score (nSPS) is 10.7. The van der Waals surface area contributed by atoms with E-state index >= 15 is 0 Å². The highest BCUT2D eigenvalue weighted by Crippen LogP contribution is 2.32. The minimum Gasteiger partial charge on any atom is -0.496 e. The molecule has 0 aliphatic carbocycles. The molecule has 0 unspecified atom stereocenters. The number of aryl methyl sites for hydroxylation is 1. The molecule has 0 radical (unpaired) electrons. The van der Waals surface area contributed by atoms with Gasteiger partial charge in [0.05, 0.1) is 23.3 Å². The van der Waals surface area contributed by atoms with E-state index in [2.05, 4.69) is 22.5 Å². The predicted molar refractivity (Wildman–Crippen MR) is 131 cm³/mol. The number of carbonyl (C=O) groups is 1. The van der Waals surface area contributed by atoms with E-state index in [1.54, 1.807) is 42.5 Å². The highest BCUT2D eigenvalue weighted by Gasteiger charge is 2.15. The van der Waals surface area contributed by atoms with Crippen molar-refractivity contribution in [3.8, 4) is 17.2 Å². The Balaban J connectivity index is 1.54. The molecule has 8 heteroatoms. The Morgan fingerprint density at radius 1 is 1.16 bits per heavy atom. The van der Waals surface area contributed by atoms with E-state index in [4.69, 9.17) is 33.0 Å². The number of hydrogen-bond acceptors (Lipinski definition) is 5. The van der Waals surface area contributed by atoms with Gasteiger partial charge in [-0.2, -0.15) is 0 Å². The molecule has 0 aliphatic rings. The number of nitrogens with one attached hydrogen (secondary N) is 2. The van der Waals surface area contributed by atoms with Crippen molar-refractivity contribution < 1.29 is 13.9 Å². The van der Waals surface area contributed by atoms with Gasteiger partial charge in [-0.25, -0.2) is 4.98 Å². The second kappa shape index (κ2) is 9.38. The molecule has 0 saturated carbocycles. The molecule has 2 N–H and O–H groups in total. The van der Waals surface area contributed by atoms with Crippen LogP contribution in [0.4, 0.5) is 5.69 Å². The van der Waals surface area contributed by atoms with Crippen LogP contribution in [0.5, 0.6) is 5.75 Å². The Labute approximate surface area is 195 Å². The van der Waals surface area contributed by atoms with Gasteiger partial charge in [0.1, 0.15) is 11.3 Å². The summed E-state index contributed by atoms with van der Waals surface area (Å²) in [6.07, 6.45) is 0.913. The number of hydrogen-bond donors (Lipinski definition) is 2. The van der Waals surface area contributed by atoms with Crippen LogP contribution in [-0.4, -0.2) is 23.1 Å². The van der Waals surface area contributed by atoms with Crippen molar-refractivity contribution in [2.24, 2.45) is 0 Å². The van der Waals surface area contributed by atoms with Crippen LogP contribution in [0.2, 0.25) is 5.02 Å². The first-order valence-corrected chi connectivity index (χ1v) is 10.7. The molecular formula is C24H20ClN3O3S. The molecule has 0 saturated heterocycles. The SMILES string of the molecule is CCc1ccc2oc(-c3cc(NC(=S)NC(=O)c4ccccc4OC)ccc3Cl)nc2c1. The Kier molecular flexibility index (Phi) is 6.39. The lowest BCUT2D eigenvalue weighted by Gasteiger charge is -2.12. The van der Waals surface area contributed by atoms with E-state index in [0.29, 0.717) is 39.1 Å². The standard InChI is InChI=1S/C24H20ClN3O3S/c1-3-14-8-11-21-19(12-14)27-23(31-21)17-13-15(9-10-18(17)25)26-24(32)28-22(29)16-6-4-5-7-20(16)30-2/h4-13H,3H2,1-2H3,(H2,26,28,29,32). The first kappa shape index (κ1) is 21.8. The number of anilines is 1. The fourth-order valence-electron chi connectivity index (χ4n) is 3.24. The first-order valence-electron chi connectivity index (χ1n) is 9.93. The predicted octanol–water partition coefficient (Wildman–Crippen LogP) is 5.85. The van der Waals surface area contributed by atoms with Crippen molar-refractivity contribution in [1.29, 1.82) is 0 Å². The summed E-state index contributed by atoms with van der Waals surface area (Å²) in [5, 5.41) is 6.28. The third-order valence-corrected chi connectivity index (χ3v) is 5.43. The minimum absolute atomic E-state index is 0.138. The Morgan fingerprint density at radius 2 is 1.97 bits per heavy atom. The van der Waals surface area contributed by atoms with Gasteiger partial charge in [-0.15, -0.1) is 0 Å². The van der Waals surface area contributed by atoms with Gasteiger partial charge < -0.3 is 14.5 Å². The Morgan fingerprint density at radius 3 is 2.75 bits per heavy atom. The van der Waals surface area contributed by atoms with Crippen LogP contribution in [0, 0.1) is 0 Å². The molecule has 4 rings (SSSR count).